The molecule has 0 radical (unpaired) electrons. The van der Waals surface area contributed by atoms with E-state index < -0.39 is 10.0 Å². The van der Waals surface area contributed by atoms with E-state index in [2.05, 4.69) is 4.72 Å². The molecule has 1 aliphatic carbocycles. The number of aryl methyl sites for hydroxylation is 2. The fourth-order valence-electron chi connectivity index (χ4n) is 2.32. The van der Waals surface area contributed by atoms with Gasteiger partial charge in [-0.2, -0.15) is 0 Å². The van der Waals surface area contributed by atoms with Gasteiger partial charge in [-0.05, 0) is 62.3 Å². The number of sulfonamides is 1. The molecule has 1 aliphatic rings. The monoisotopic (exact) mass is 282 g/mol. The fraction of sp³-hybridized carbons (Fsp3) is 0.571. The molecule has 19 heavy (non-hydrogen) atoms. The maximum absolute atomic E-state index is 12.3. The topological polar surface area (TPSA) is 72.2 Å². The minimum atomic E-state index is -3.42. The van der Waals surface area contributed by atoms with Gasteiger partial charge in [-0.25, -0.2) is 13.1 Å². The highest BCUT2D eigenvalue weighted by atomic mass is 32.2. The van der Waals surface area contributed by atoms with Crippen LogP contribution in [0, 0.1) is 19.3 Å². The molecule has 0 amide bonds. The molecule has 0 spiro atoms. The van der Waals surface area contributed by atoms with Gasteiger partial charge in [0.25, 0.3) is 0 Å². The maximum atomic E-state index is 12.3. The molecule has 5 heteroatoms. The van der Waals surface area contributed by atoms with E-state index in [1.54, 1.807) is 6.07 Å². The van der Waals surface area contributed by atoms with Crippen molar-refractivity contribution < 1.29 is 8.42 Å². The van der Waals surface area contributed by atoms with E-state index in [0.717, 1.165) is 30.4 Å². The Balaban J connectivity index is 2.12. The first-order valence-corrected chi connectivity index (χ1v) is 8.14. The van der Waals surface area contributed by atoms with Crippen molar-refractivity contribution in [1.29, 1.82) is 0 Å². The van der Waals surface area contributed by atoms with Crippen LogP contribution < -0.4 is 10.5 Å². The normalized spacial score (nSPS) is 17.4. The van der Waals surface area contributed by atoms with Gasteiger partial charge in [0.2, 0.25) is 10.0 Å². The largest absolute Gasteiger partial charge is 0.330 e. The SMILES string of the molecule is Cc1ccc(C)c(S(=O)(=O)NCC2(CCN)CC2)c1. The molecule has 0 heterocycles. The number of nitrogens with one attached hydrogen (secondary N) is 1. The lowest BCUT2D eigenvalue weighted by atomic mass is 10.0. The average Bonchev–Trinajstić information content (AvgIpc) is 3.11. The van der Waals surface area contributed by atoms with Crippen LogP contribution in [0.4, 0.5) is 0 Å². The molecular formula is C14H22N2O2S. The maximum Gasteiger partial charge on any atom is 0.240 e. The first-order valence-electron chi connectivity index (χ1n) is 6.66. The molecule has 1 aromatic rings. The molecule has 4 nitrogen and oxygen atoms in total. The Morgan fingerprint density at radius 1 is 1.32 bits per heavy atom. The number of hydrogen-bond acceptors (Lipinski definition) is 3. The van der Waals surface area contributed by atoms with Gasteiger partial charge in [0.05, 0.1) is 4.90 Å². The third-order valence-electron chi connectivity index (χ3n) is 3.90. The van der Waals surface area contributed by atoms with E-state index in [4.69, 9.17) is 5.73 Å². The minimum absolute atomic E-state index is 0.111. The van der Waals surface area contributed by atoms with Crippen molar-refractivity contribution in [2.24, 2.45) is 11.1 Å². The third kappa shape index (κ3) is 3.35. The Bertz CT molecular complexity index is 563. The minimum Gasteiger partial charge on any atom is -0.330 e. The highest BCUT2D eigenvalue weighted by molar-refractivity contribution is 7.89. The summed E-state index contributed by atoms with van der Waals surface area (Å²) in [6.45, 7) is 4.83. The first kappa shape index (κ1) is 14.5. The summed E-state index contributed by atoms with van der Waals surface area (Å²) in [7, 11) is -3.42. The van der Waals surface area contributed by atoms with Crippen LogP contribution in [0.1, 0.15) is 30.4 Å². The zero-order chi connectivity index (χ0) is 14.1. The second kappa shape index (κ2) is 5.23. The molecular weight excluding hydrogens is 260 g/mol. The molecule has 3 N–H and O–H groups in total. The van der Waals surface area contributed by atoms with Crippen molar-refractivity contribution in [1.82, 2.24) is 4.72 Å². The highest BCUT2D eigenvalue weighted by Crippen LogP contribution is 2.47. The molecule has 0 aromatic heterocycles. The van der Waals surface area contributed by atoms with Gasteiger partial charge in [-0.3, -0.25) is 0 Å². The van der Waals surface area contributed by atoms with Gasteiger partial charge in [0, 0.05) is 6.54 Å². The second-order valence-corrected chi connectivity index (χ2v) is 7.37. The van der Waals surface area contributed by atoms with Crippen molar-refractivity contribution in [3.63, 3.8) is 0 Å². The Morgan fingerprint density at radius 2 is 2.00 bits per heavy atom. The number of nitrogens with two attached hydrogens (primary N) is 1. The summed E-state index contributed by atoms with van der Waals surface area (Å²) in [5.74, 6) is 0. The van der Waals surface area contributed by atoms with Gasteiger partial charge in [-0.1, -0.05) is 12.1 Å². The number of hydrogen-bond donors (Lipinski definition) is 2. The summed E-state index contributed by atoms with van der Waals surface area (Å²) in [5.41, 5.74) is 7.41. The average molecular weight is 282 g/mol. The molecule has 2 rings (SSSR count). The lowest BCUT2D eigenvalue weighted by Crippen LogP contribution is -2.31. The van der Waals surface area contributed by atoms with Crippen LogP contribution in [0.2, 0.25) is 0 Å². The van der Waals surface area contributed by atoms with Gasteiger partial charge in [0.15, 0.2) is 0 Å². The van der Waals surface area contributed by atoms with Crippen molar-refractivity contribution >= 4 is 10.0 Å². The van der Waals surface area contributed by atoms with E-state index in [1.807, 2.05) is 26.0 Å². The van der Waals surface area contributed by atoms with Crippen molar-refractivity contribution in [3.8, 4) is 0 Å². The number of rotatable bonds is 6. The smallest absolute Gasteiger partial charge is 0.240 e. The molecule has 1 saturated carbocycles. The molecule has 106 valence electrons. The van der Waals surface area contributed by atoms with Gasteiger partial charge >= 0.3 is 0 Å². The van der Waals surface area contributed by atoms with Crippen LogP contribution in [-0.4, -0.2) is 21.5 Å². The molecule has 0 aliphatic heterocycles. The van der Waals surface area contributed by atoms with Crippen LogP contribution in [0.3, 0.4) is 0 Å². The van der Waals surface area contributed by atoms with E-state index in [1.165, 1.54) is 0 Å². The predicted octanol–water partition coefficient (Wildman–Crippen LogP) is 1.71. The molecule has 1 fully saturated rings. The Kier molecular flexibility index (Phi) is 3.99. The lowest BCUT2D eigenvalue weighted by molar-refractivity contribution is 0.461. The Hall–Kier alpha value is -0.910. The van der Waals surface area contributed by atoms with E-state index in [-0.39, 0.29) is 5.41 Å². The van der Waals surface area contributed by atoms with E-state index in [9.17, 15) is 8.42 Å². The first-order chi connectivity index (χ1) is 8.88. The standard InChI is InChI=1S/C14H22N2O2S/c1-11-3-4-12(2)13(9-11)19(17,18)16-10-14(5-6-14)7-8-15/h3-4,9,16H,5-8,10,15H2,1-2H3. The van der Waals surface area contributed by atoms with Crippen LogP contribution in [0.5, 0.6) is 0 Å². The number of benzene rings is 1. The summed E-state index contributed by atoms with van der Waals surface area (Å²) in [6, 6.07) is 5.49. The summed E-state index contributed by atoms with van der Waals surface area (Å²) >= 11 is 0. The van der Waals surface area contributed by atoms with Gasteiger partial charge < -0.3 is 5.73 Å². The quantitative estimate of drug-likeness (QED) is 0.834. The summed E-state index contributed by atoms with van der Waals surface area (Å²) < 4.78 is 27.4. The van der Waals surface area contributed by atoms with Crippen LogP contribution in [-0.2, 0) is 10.0 Å². The summed E-state index contributed by atoms with van der Waals surface area (Å²) in [4.78, 5) is 0.385. The Labute approximate surface area is 115 Å². The molecule has 0 bridgehead atoms. The van der Waals surface area contributed by atoms with Crippen LogP contribution in [0.25, 0.3) is 0 Å². The van der Waals surface area contributed by atoms with Gasteiger partial charge in [-0.15, -0.1) is 0 Å². The zero-order valence-electron chi connectivity index (χ0n) is 11.6. The lowest BCUT2D eigenvalue weighted by Gasteiger charge is -2.16. The van der Waals surface area contributed by atoms with Crippen molar-refractivity contribution in [2.45, 2.75) is 38.0 Å². The molecule has 0 atom stereocenters. The summed E-state index contributed by atoms with van der Waals surface area (Å²) in [6.07, 6.45) is 3.03. The molecule has 0 unspecified atom stereocenters. The van der Waals surface area contributed by atoms with Crippen LogP contribution in [0.15, 0.2) is 23.1 Å². The van der Waals surface area contributed by atoms with Crippen molar-refractivity contribution in [3.05, 3.63) is 29.3 Å². The fourth-order valence-corrected chi connectivity index (χ4v) is 3.81. The second-order valence-electron chi connectivity index (χ2n) is 5.63. The summed E-state index contributed by atoms with van der Waals surface area (Å²) in [5, 5.41) is 0. The van der Waals surface area contributed by atoms with Gasteiger partial charge in [0.1, 0.15) is 0 Å². The third-order valence-corrected chi connectivity index (χ3v) is 5.45. The molecule has 0 saturated heterocycles. The van der Waals surface area contributed by atoms with Crippen LogP contribution >= 0.6 is 0 Å². The Morgan fingerprint density at radius 3 is 2.58 bits per heavy atom. The van der Waals surface area contributed by atoms with Crippen molar-refractivity contribution in [2.75, 3.05) is 13.1 Å². The molecule has 1 aromatic carbocycles. The highest BCUT2D eigenvalue weighted by Gasteiger charge is 2.42. The zero-order valence-corrected chi connectivity index (χ0v) is 12.4. The predicted molar refractivity (Wildman–Crippen MR) is 76.4 cm³/mol. The van der Waals surface area contributed by atoms with E-state index >= 15 is 0 Å². The van der Waals surface area contributed by atoms with E-state index in [0.29, 0.717) is 18.0 Å².